The minimum atomic E-state index is -0.0130. The van der Waals surface area contributed by atoms with Gasteiger partial charge in [-0.05, 0) is 12.1 Å². The molecule has 0 spiro atoms. The minimum Gasteiger partial charge on any atom is -0.395 e. The molecule has 0 saturated carbocycles. The molecule has 1 aromatic rings. The van der Waals surface area contributed by atoms with Crippen molar-refractivity contribution in [3.8, 4) is 0 Å². The van der Waals surface area contributed by atoms with Crippen molar-refractivity contribution >= 4 is 29.3 Å². The molecule has 0 bridgehead atoms. The third kappa shape index (κ3) is 3.68. The Morgan fingerprint density at radius 3 is 2.65 bits per heavy atom. The van der Waals surface area contributed by atoms with Crippen LogP contribution in [-0.2, 0) is 9.59 Å². The predicted molar refractivity (Wildman–Crippen MR) is 89.6 cm³/mol. The lowest BCUT2D eigenvalue weighted by Gasteiger charge is -2.36. The van der Waals surface area contributed by atoms with Crippen molar-refractivity contribution < 1.29 is 14.7 Å². The first kappa shape index (κ1) is 16.3. The number of para-hydroxylation sites is 1. The van der Waals surface area contributed by atoms with Crippen LogP contribution in [-0.4, -0.2) is 78.3 Å². The maximum atomic E-state index is 12.5. The summed E-state index contributed by atoms with van der Waals surface area (Å²) in [6.07, 6.45) is 0. The quantitative estimate of drug-likeness (QED) is 0.855. The van der Waals surface area contributed by atoms with Gasteiger partial charge in [0, 0.05) is 37.6 Å². The molecule has 1 N–H and O–H groups in total. The van der Waals surface area contributed by atoms with Gasteiger partial charge in [0.05, 0.1) is 18.0 Å². The highest BCUT2D eigenvalue weighted by Crippen LogP contribution is 2.34. The number of hydrogen-bond acceptors (Lipinski definition) is 5. The van der Waals surface area contributed by atoms with Gasteiger partial charge in [-0.25, -0.2) is 0 Å². The number of amides is 2. The Hall–Kier alpha value is -1.57. The van der Waals surface area contributed by atoms with E-state index in [1.54, 1.807) is 4.90 Å². The number of β-amino-alcohol motifs (C(OH)–C–C–N with tert-alkyl or cyclic N) is 1. The first-order valence-electron chi connectivity index (χ1n) is 7.82. The zero-order chi connectivity index (χ0) is 16.2. The summed E-state index contributed by atoms with van der Waals surface area (Å²) in [4.78, 5) is 31.4. The highest BCUT2D eigenvalue weighted by Gasteiger charge is 2.29. The van der Waals surface area contributed by atoms with E-state index in [9.17, 15) is 9.59 Å². The summed E-state index contributed by atoms with van der Waals surface area (Å²) in [5, 5.41) is 8.96. The Bertz CT molecular complexity index is 588. The number of carbonyl (C=O) groups is 2. The number of benzene rings is 1. The highest BCUT2D eigenvalue weighted by molar-refractivity contribution is 8.00. The Balaban J connectivity index is 1.63. The minimum absolute atomic E-state index is 0.0105. The fourth-order valence-electron chi connectivity index (χ4n) is 2.92. The number of hydrogen-bond donors (Lipinski definition) is 1. The van der Waals surface area contributed by atoms with Crippen molar-refractivity contribution in [2.45, 2.75) is 4.90 Å². The molecule has 0 unspecified atom stereocenters. The van der Waals surface area contributed by atoms with Crippen LogP contribution in [0.25, 0.3) is 0 Å². The first-order chi connectivity index (χ1) is 11.2. The van der Waals surface area contributed by atoms with Crippen LogP contribution < -0.4 is 4.90 Å². The molecule has 0 atom stereocenters. The maximum Gasteiger partial charge on any atom is 0.242 e. The second-order valence-electron chi connectivity index (χ2n) is 5.68. The van der Waals surface area contributed by atoms with Crippen LogP contribution >= 0.6 is 11.8 Å². The molecule has 0 aromatic heterocycles. The molecule has 2 amide bonds. The number of piperazine rings is 1. The van der Waals surface area contributed by atoms with E-state index in [0.717, 1.165) is 23.7 Å². The van der Waals surface area contributed by atoms with Crippen LogP contribution in [0.2, 0.25) is 0 Å². The monoisotopic (exact) mass is 335 g/mol. The van der Waals surface area contributed by atoms with Gasteiger partial charge in [0.2, 0.25) is 11.8 Å². The smallest absolute Gasteiger partial charge is 0.242 e. The molecule has 7 heteroatoms. The van der Waals surface area contributed by atoms with Crippen molar-refractivity contribution in [2.24, 2.45) is 0 Å². The largest absolute Gasteiger partial charge is 0.395 e. The Morgan fingerprint density at radius 2 is 1.91 bits per heavy atom. The van der Waals surface area contributed by atoms with E-state index in [-0.39, 0.29) is 25.0 Å². The van der Waals surface area contributed by atoms with E-state index in [4.69, 9.17) is 5.11 Å². The summed E-state index contributed by atoms with van der Waals surface area (Å²) in [6.45, 7) is 3.74. The average molecular weight is 335 g/mol. The lowest BCUT2D eigenvalue weighted by molar-refractivity contribution is -0.132. The number of thioether (sulfide) groups is 1. The molecule has 124 valence electrons. The first-order valence-corrected chi connectivity index (χ1v) is 8.81. The number of nitrogens with zero attached hydrogens (tertiary/aromatic N) is 3. The summed E-state index contributed by atoms with van der Waals surface area (Å²) in [7, 11) is 0. The van der Waals surface area contributed by atoms with E-state index in [1.165, 1.54) is 11.8 Å². The van der Waals surface area contributed by atoms with Crippen molar-refractivity contribution in [3.63, 3.8) is 0 Å². The van der Waals surface area contributed by atoms with Gasteiger partial charge >= 0.3 is 0 Å². The van der Waals surface area contributed by atoms with Crippen LogP contribution in [0.5, 0.6) is 0 Å². The number of rotatable bonds is 4. The molecule has 6 nitrogen and oxygen atoms in total. The zero-order valence-electron chi connectivity index (χ0n) is 13.0. The van der Waals surface area contributed by atoms with Crippen molar-refractivity contribution in [3.05, 3.63) is 24.3 Å². The Labute approximate surface area is 140 Å². The second kappa shape index (κ2) is 7.33. The van der Waals surface area contributed by atoms with E-state index in [1.807, 2.05) is 29.2 Å². The Morgan fingerprint density at radius 1 is 1.17 bits per heavy atom. The van der Waals surface area contributed by atoms with Crippen molar-refractivity contribution in [1.29, 1.82) is 0 Å². The molecule has 23 heavy (non-hydrogen) atoms. The van der Waals surface area contributed by atoms with Crippen molar-refractivity contribution in [2.75, 3.05) is 56.5 Å². The van der Waals surface area contributed by atoms with E-state index in [0.29, 0.717) is 25.4 Å². The summed E-state index contributed by atoms with van der Waals surface area (Å²) in [5.41, 5.74) is 0.834. The van der Waals surface area contributed by atoms with Gasteiger partial charge in [-0.2, -0.15) is 0 Å². The summed E-state index contributed by atoms with van der Waals surface area (Å²) in [6, 6.07) is 7.72. The lowest BCUT2D eigenvalue weighted by atomic mass is 10.2. The topological polar surface area (TPSA) is 64.1 Å². The van der Waals surface area contributed by atoms with Gasteiger partial charge in [-0.1, -0.05) is 12.1 Å². The van der Waals surface area contributed by atoms with E-state index in [2.05, 4.69) is 4.90 Å². The summed E-state index contributed by atoms with van der Waals surface area (Å²) in [5.74, 6) is 0.360. The lowest BCUT2D eigenvalue weighted by Crippen LogP contribution is -2.52. The summed E-state index contributed by atoms with van der Waals surface area (Å²) >= 11 is 1.52. The van der Waals surface area contributed by atoms with E-state index < -0.39 is 0 Å². The molecule has 3 rings (SSSR count). The van der Waals surface area contributed by atoms with Gasteiger partial charge in [0.1, 0.15) is 6.54 Å². The number of aliphatic hydroxyl groups excluding tert-OH is 1. The molecular formula is C16H21N3O3S. The average Bonchev–Trinajstić information content (AvgIpc) is 2.58. The molecular weight excluding hydrogens is 314 g/mol. The number of fused-ring (bicyclic) bond motifs is 1. The van der Waals surface area contributed by atoms with Crippen LogP contribution in [0.4, 0.5) is 5.69 Å². The second-order valence-corrected chi connectivity index (χ2v) is 6.70. The normalized spacial score (nSPS) is 18.9. The third-order valence-corrected chi connectivity index (χ3v) is 5.29. The molecule has 0 aliphatic carbocycles. The zero-order valence-corrected chi connectivity index (χ0v) is 13.8. The fourth-order valence-corrected chi connectivity index (χ4v) is 3.86. The molecule has 1 saturated heterocycles. The van der Waals surface area contributed by atoms with Crippen LogP contribution in [0.15, 0.2) is 29.2 Å². The number of carbonyl (C=O) groups excluding carboxylic acids is 2. The number of aliphatic hydroxyl groups is 1. The van der Waals surface area contributed by atoms with Crippen LogP contribution in [0, 0.1) is 0 Å². The van der Waals surface area contributed by atoms with Gasteiger partial charge in [0.15, 0.2) is 0 Å². The van der Waals surface area contributed by atoms with Crippen molar-refractivity contribution in [1.82, 2.24) is 9.80 Å². The van der Waals surface area contributed by atoms with Crippen LogP contribution in [0.3, 0.4) is 0 Å². The highest BCUT2D eigenvalue weighted by atomic mass is 32.2. The van der Waals surface area contributed by atoms with Gasteiger partial charge < -0.3 is 14.9 Å². The predicted octanol–water partition coefficient (Wildman–Crippen LogP) is 0.262. The number of anilines is 1. The molecule has 1 aromatic carbocycles. The molecule has 1 fully saturated rings. The maximum absolute atomic E-state index is 12.5. The standard InChI is InChI=1S/C16H21N3O3S/c20-10-9-17-5-7-18(8-6-17)15(21)11-19-13-3-1-2-4-14(13)23-12-16(19)22/h1-4,20H,5-12H2. The summed E-state index contributed by atoms with van der Waals surface area (Å²) < 4.78 is 0. The SMILES string of the molecule is O=C(CN1C(=O)CSc2ccccc21)N1CCN(CCO)CC1. The van der Waals surface area contributed by atoms with Gasteiger partial charge in [0.25, 0.3) is 0 Å². The van der Waals surface area contributed by atoms with Gasteiger partial charge in [-0.3, -0.25) is 14.5 Å². The molecule has 2 aliphatic heterocycles. The third-order valence-electron chi connectivity index (χ3n) is 4.24. The van der Waals surface area contributed by atoms with Crippen LogP contribution in [0.1, 0.15) is 0 Å². The van der Waals surface area contributed by atoms with Gasteiger partial charge in [-0.15, -0.1) is 11.8 Å². The molecule has 2 heterocycles. The fraction of sp³-hybridized carbons (Fsp3) is 0.500. The molecule has 0 radical (unpaired) electrons. The Kier molecular flexibility index (Phi) is 5.20. The van der Waals surface area contributed by atoms with E-state index >= 15 is 0 Å². The molecule has 2 aliphatic rings.